The Morgan fingerprint density at radius 1 is 0.600 bits per heavy atom. The van der Waals surface area contributed by atoms with Gasteiger partial charge >= 0.3 is 7.43 Å². The molecule has 0 rings (SSSR count). The first-order chi connectivity index (χ1) is 2.00. The van der Waals surface area contributed by atoms with E-state index >= 15 is 0 Å². The number of rotatable bonds is 0. The van der Waals surface area contributed by atoms with E-state index in [-0.39, 0.29) is 7.43 Å². The zero-order valence-corrected chi connectivity index (χ0v) is 2.50. The monoisotopic (exact) mass is 60.0 g/mol. The summed E-state index contributed by atoms with van der Waals surface area (Å²) >= 11 is 0. The third-order valence-corrected chi connectivity index (χ3v) is 0. The molecule has 0 atom stereocenters. The Morgan fingerprint density at radius 2 is 0.600 bits per heavy atom. The van der Waals surface area contributed by atoms with Gasteiger partial charge in [0.15, 0.2) is 0 Å². The summed E-state index contributed by atoms with van der Waals surface area (Å²) in [5.74, 6) is 0. The predicted octanol–water partition coefficient (Wildman–Crippen LogP) is 0.406. The van der Waals surface area contributed by atoms with Crippen molar-refractivity contribution in [2.75, 3.05) is 0 Å². The Bertz CT molecular complexity index is 15.5. The molecular weight excluding hydrogens is 60.1 g/mol. The van der Waals surface area contributed by atoms with Crippen LogP contribution < -0.4 is 0 Å². The molecule has 5 heavy (non-hydrogen) atoms. The van der Waals surface area contributed by atoms with Crippen LogP contribution in [0.1, 0.15) is 0 Å². The van der Waals surface area contributed by atoms with Crippen LogP contribution in [0.3, 0.4) is 0 Å². The van der Waals surface area contributed by atoms with Crippen LogP contribution in [0.2, 0.25) is 0 Å². The second-order valence-electron chi connectivity index (χ2n) is 0. The first-order valence-electron chi connectivity index (χ1n) is 0.500. The summed E-state index contributed by atoms with van der Waals surface area (Å²) in [6, 6.07) is 0. The van der Waals surface area contributed by atoms with Crippen LogP contribution >= 0.6 is 0 Å². The zero-order valence-electron chi connectivity index (χ0n) is 2.50. The van der Waals surface area contributed by atoms with Crippen LogP contribution in [0.5, 0.6) is 0 Å². The molecule has 0 nitrogen and oxygen atoms in total. The van der Waals surface area contributed by atoms with E-state index in [2.05, 4.69) is 0 Å². The van der Waals surface area contributed by atoms with Gasteiger partial charge in [0, 0.05) is 0 Å². The van der Waals surface area contributed by atoms with Gasteiger partial charge < -0.3 is 25.7 Å². The predicted molar refractivity (Wildman–Crippen MR) is 16.2 cm³/mol. The standard InChI is InChI=1S/2C2.C/c2*1-2;/q2*-2;+4. The molecule has 0 aliphatic carbocycles. The van der Waals surface area contributed by atoms with Gasteiger partial charge in [-0.3, -0.25) is 0 Å². The maximum atomic E-state index is 5.00. The summed E-state index contributed by atoms with van der Waals surface area (Å²) in [7, 11) is 0. The third-order valence-electron chi connectivity index (χ3n) is 0. The normalized spacial score (nSPS) is 0.800. The summed E-state index contributed by atoms with van der Waals surface area (Å²) < 4.78 is 0. The minimum Gasteiger partial charge on any atom is -1.00 e. The molecule has 0 fully saturated rings. The molecule has 0 aliphatic heterocycles. The minimum absolute atomic E-state index is 0. The molecular formula is C5. The molecule has 0 heterocycles. The fraction of sp³-hybridized carbons (Fsp3) is 0. The summed E-state index contributed by atoms with van der Waals surface area (Å²) in [5.41, 5.74) is 0. The van der Waals surface area contributed by atoms with E-state index in [1.807, 2.05) is 0 Å². The van der Waals surface area contributed by atoms with Crippen molar-refractivity contribution in [3.63, 3.8) is 0 Å². The van der Waals surface area contributed by atoms with Crippen molar-refractivity contribution in [3.8, 4) is 0 Å². The molecule has 0 spiro atoms. The van der Waals surface area contributed by atoms with E-state index < -0.39 is 0 Å². The molecule has 0 aromatic heterocycles. The largest absolute Gasteiger partial charge is 4.00 e. The van der Waals surface area contributed by atoms with E-state index in [4.69, 9.17) is 25.7 Å². The Balaban J connectivity index is -0.0000000133. The zero-order chi connectivity index (χ0) is 4.00. The van der Waals surface area contributed by atoms with Gasteiger partial charge in [-0.2, -0.15) is 0 Å². The Kier molecular flexibility index (Phi) is 116. The van der Waals surface area contributed by atoms with Gasteiger partial charge in [-0.05, 0) is 0 Å². The van der Waals surface area contributed by atoms with E-state index in [9.17, 15) is 0 Å². The van der Waals surface area contributed by atoms with Crippen molar-refractivity contribution in [3.05, 3.63) is 33.1 Å². The van der Waals surface area contributed by atoms with Crippen molar-refractivity contribution in [2.24, 2.45) is 0 Å². The molecule has 0 aromatic carbocycles. The first-order valence-corrected chi connectivity index (χ1v) is 0.500. The molecule has 0 radical (unpaired) electrons. The maximum absolute atomic E-state index is 5.00. The summed E-state index contributed by atoms with van der Waals surface area (Å²) in [4.78, 5) is 0. The maximum Gasteiger partial charge on any atom is 4.00 e. The van der Waals surface area contributed by atoms with Crippen molar-refractivity contribution < 1.29 is 0 Å². The van der Waals surface area contributed by atoms with Crippen LogP contribution in [0, 0.1) is 33.1 Å². The second kappa shape index (κ2) is 18.1. The number of hydrogen-bond donors (Lipinski definition) is 0. The number of hydrogen-bond acceptors (Lipinski definition) is 0. The van der Waals surface area contributed by atoms with Gasteiger partial charge in [0.05, 0.1) is 0 Å². The minimum atomic E-state index is 0. The Labute approximate surface area is 34.2 Å². The van der Waals surface area contributed by atoms with Crippen LogP contribution in [0.15, 0.2) is 0 Å². The van der Waals surface area contributed by atoms with Gasteiger partial charge in [-0.25, -0.2) is 0 Å². The third kappa shape index (κ3) is 5.05. The van der Waals surface area contributed by atoms with Gasteiger partial charge in [-0.1, -0.05) is 0 Å². The Hall–Kier alpha value is -0.880. The van der Waals surface area contributed by atoms with Crippen molar-refractivity contribution in [1.82, 2.24) is 0 Å². The molecule has 0 aliphatic rings. The van der Waals surface area contributed by atoms with Gasteiger partial charge in [0.1, 0.15) is 0 Å². The van der Waals surface area contributed by atoms with E-state index in [1.165, 1.54) is 0 Å². The average molecular weight is 60.1 g/mol. The van der Waals surface area contributed by atoms with Crippen molar-refractivity contribution in [2.45, 2.75) is 0 Å². The van der Waals surface area contributed by atoms with Crippen LogP contribution in [0.25, 0.3) is 0 Å². The molecule has 20 valence electrons. The quantitative estimate of drug-likeness (QED) is 0.280. The van der Waals surface area contributed by atoms with Crippen LogP contribution in [0.4, 0.5) is 0 Å². The fourth-order valence-corrected chi connectivity index (χ4v) is 0. The van der Waals surface area contributed by atoms with Gasteiger partial charge in [0.2, 0.25) is 0 Å². The molecule has 0 heteroatoms. The van der Waals surface area contributed by atoms with Gasteiger partial charge in [0.25, 0.3) is 0 Å². The van der Waals surface area contributed by atoms with E-state index in [1.54, 1.807) is 0 Å². The summed E-state index contributed by atoms with van der Waals surface area (Å²) in [6.45, 7) is 0. The van der Waals surface area contributed by atoms with Crippen molar-refractivity contribution >= 4 is 0 Å². The smallest absolute Gasteiger partial charge is 1.00 e. The first kappa shape index (κ1) is 32.0. The molecule has 0 aromatic rings. The molecule has 0 amide bonds. The molecule has 0 saturated heterocycles. The summed E-state index contributed by atoms with van der Waals surface area (Å²) in [6.07, 6.45) is 20.0. The SMILES string of the molecule is [C+4].[C-]#[C-].[C-]#[C-]. The molecule has 0 saturated carbocycles. The molecule has 0 unspecified atom stereocenters. The second-order valence-corrected chi connectivity index (χ2v) is 0. The Morgan fingerprint density at radius 3 is 0.600 bits per heavy atom. The van der Waals surface area contributed by atoms with Crippen molar-refractivity contribution in [1.29, 1.82) is 0 Å². The topological polar surface area (TPSA) is 0 Å². The molecule has 0 N–H and O–H groups in total. The van der Waals surface area contributed by atoms with Crippen LogP contribution in [-0.4, -0.2) is 0 Å². The van der Waals surface area contributed by atoms with E-state index in [0.29, 0.717) is 0 Å². The van der Waals surface area contributed by atoms with E-state index in [0.717, 1.165) is 0 Å². The summed E-state index contributed by atoms with van der Waals surface area (Å²) in [5, 5.41) is 0. The fourth-order valence-electron chi connectivity index (χ4n) is 0. The van der Waals surface area contributed by atoms with Gasteiger partial charge in [-0.15, -0.1) is 0 Å². The van der Waals surface area contributed by atoms with Crippen LogP contribution in [-0.2, 0) is 0 Å². The average Bonchev–Trinajstić information content (AvgIpc) is 1.50. The molecule has 0 bridgehead atoms.